The van der Waals surface area contributed by atoms with Crippen LogP contribution in [0.5, 0.6) is 0 Å². The molecule has 0 saturated carbocycles. The average Bonchev–Trinajstić information content (AvgIpc) is 3.06. The molecule has 0 aliphatic carbocycles. The Labute approximate surface area is 103 Å². The molecular formula is C13H12N4O. The monoisotopic (exact) mass is 240 g/mol. The van der Waals surface area contributed by atoms with Crippen molar-refractivity contribution in [3.8, 4) is 11.1 Å². The normalized spacial score (nSPS) is 10.9. The Morgan fingerprint density at radius 3 is 2.94 bits per heavy atom. The zero-order valence-electron chi connectivity index (χ0n) is 9.92. The third-order valence-electron chi connectivity index (χ3n) is 2.97. The molecule has 0 bridgehead atoms. The van der Waals surface area contributed by atoms with Crippen LogP contribution in [0.2, 0.25) is 0 Å². The van der Waals surface area contributed by atoms with E-state index in [9.17, 15) is 4.79 Å². The molecule has 5 nitrogen and oxygen atoms in total. The molecule has 1 N–H and O–H groups in total. The Morgan fingerprint density at radius 1 is 1.33 bits per heavy atom. The van der Waals surface area contributed by atoms with Gasteiger partial charge in [0.05, 0.1) is 23.5 Å². The topological polar surface area (TPSA) is 63.1 Å². The summed E-state index contributed by atoms with van der Waals surface area (Å²) in [7, 11) is 0. The summed E-state index contributed by atoms with van der Waals surface area (Å²) in [6.45, 7) is 1.85. The summed E-state index contributed by atoms with van der Waals surface area (Å²) in [6, 6.07) is 3.88. The van der Waals surface area contributed by atoms with E-state index in [-0.39, 0.29) is 5.78 Å². The molecule has 0 aliphatic rings. The van der Waals surface area contributed by atoms with E-state index in [2.05, 4.69) is 15.3 Å². The first kappa shape index (κ1) is 10.7. The van der Waals surface area contributed by atoms with Crippen molar-refractivity contribution >= 4 is 11.3 Å². The lowest BCUT2D eigenvalue weighted by atomic mass is 10.1. The lowest BCUT2D eigenvalue weighted by Crippen LogP contribution is -1.95. The first-order chi connectivity index (χ1) is 8.79. The Balaban J connectivity index is 2.13. The minimum atomic E-state index is 0.112. The number of aromatic amines is 1. The van der Waals surface area contributed by atoms with E-state index in [0.29, 0.717) is 12.0 Å². The van der Waals surface area contributed by atoms with E-state index in [1.807, 2.05) is 31.5 Å². The molecule has 0 saturated heterocycles. The van der Waals surface area contributed by atoms with Gasteiger partial charge in [-0.05, 0) is 6.07 Å². The summed E-state index contributed by atoms with van der Waals surface area (Å²) in [4.78, 5) is 11.7. The highest BCUT2D eigenvalue weighted by atomic mass is 16.1. The first-order valence-electron chi connectivity index (χ1n) is 5.79. The van der Waals surface area contributed by atoms with Gasteiger partial charge in [-0.25, -0.2) is 4.52 Å². The quantitative estimate of drug-likeness (QED) is 0.714. The van der Waals surface area contributed by atoms with Crippen molar-refractivity contribution < 1.29 is 4.79 Å². The molecule has 0 radical (unpaired) electrons. The second-order valence-electron chi connectivity index (χ2n) is 4.07. The lowest BCUT2D eigenvalue weighted by Gasteiger charge is -2.00. The molecule has 3 aromatic heterocycles. The van der Waals surface area contributed by atoms with Crippen molar-refractivity contribution in [1.29, 1.82) is 0 Å². The Kier molecular flexibility index (Phi) is 2.44. The summed E-state index contributed by atoms with van der Waals surface area (Å²) in [5, 5.41) is 10.9. The van der Waals surface area contributed by atoms with Crippen LogP contribution in [0.4, 0.5) is 0 Å². The van der Waals surface area contributed by atoms with Gasteiger partial charge < -0.3 is 0 Å². The van der Waals surface area contributed by atoms with E-state index in [1.165, 1.54) is 0 Å². The Bertz CT molecular complexity index is 697. The van der Waals surface area contributed by atoms with Gasteiger partial charge in [0.15, 0.2) is 5.78 Å². The maximum atomic E-state index is 11.7. The van der Waals surface area contributed by atoms with Gasteiger partial charge in [0.1, 0.15) is 0 Å². The predicted molar refractivity (Wildman–Crippen MR) is 67.4 cm³/mol. The molecule has 18 heavy (non-hydrogen) atoms. The fourth-order valence-corrected chi connectivity index (χ4v) is 1.97. The van der Waals surface area contributed by atoms with Crippen molar-refractivity contribution in [2.75, 3.05) is 0 Å². The molecule has 5 heteroatoms. The number of nitrogens with one attached hydrogen (secondary N) is 1. The highest BCUT2D eigenvalue weighted by Gasteiger charge is 2.11. The molecule has 0 fully saturated rings. The van der Waals surface area contributed by atoms with E-state index < -0.39 is 0 Å². The minimum absolute atomic E-state index is 0.112. The van der Waals surface area contributed by atoms with Gasteiger partial charge in [0, 0.05) is 29.9 Å². The van der Waals surface area contributed by atoms with E-state index >= 15 is 0 Å². The number of carbonyl (C=O) groups is 1. The average molecular weight is 240 g/mol. The maximum absolute atomic E-state index is 11.7. The SMILES string of the molecule is CCC(=O)c1cnn2cc(-c3cn[nH]c3)ccc12. The number of hydrogen-bond acceptors (Lipinski definition) is 3. The molecule has 3 aromatic rings. The van der Waals surface area contributed by atoms with Crippen LogP contribution >= 0.6 is 0 Å². The lowest BCUT2D eigenvalue weighted by molar-refractivity contribution is 0.0989. The zero-order chi connectivity index (χ0) is 12.5. The summed E-state index contributed by atoms with van der Waals surface area (Å²) < 4.78 is 1.73. The van der Waals surface area contributed by atoms with Crippen molar-refractivity contribution in [2.45, 2.75) is 13.3 Å². The highest BCUT2D eigenvalue weighted by molar-refractivity contribution is 6.02. The number of aromatic nitrogens is 4. The minimum Gasteiger partial charge on any atom is -0.294 e. The molecule has 3 rings (SSSR count). The van der Waals surface area contributed by atoms with Gasteiger partial charge in [-0.15, -0.1) is 0 Å². The van der Waals surface area contributed by atoms with Gasteiger partial charge in [-0.3, -0.25) is 9.89 Å². The van der Waals surface area contributed by atoms with E-state index in [0.717, 1.165) is 16.6 Å². The second-order valence-corrected chi connectivity index (χ2v) is 4.07. The molecular weight excluding hydrogens is 228 g/mol. The van der Waals surface area contributed by atoms with Crippen LogP contribution in [0.1, 0.15) is 23.7 Å². The predicted octanol–water partition coefficient (Wildman–Crippen LogP) is 2.32. The van der Waals surface area contributed by atoms with Crippen LogP contribution in [-0.2, 0) is 0 Å². The Hall–Kier alpha value is -2.43. The van der Waals surface area contributed by atoms with Gasteiger partial charge >= 0.3 is 0 Å². The standard InChI is InChI=1S/C13H12N4O/c1-2-13(18)11-7-16-17-8-9(3-4-12(11)17)10-5-14-15-6-10/h3-8H,2H2,1H3,(H,14,15). The van der Waals surface area contributed by atoms with Gasteiger partial charge in [-0.2, -0.15) is 10.2 Å². The first-order valence-corrected chi connectivity index (χ1v) is 5.79. The fourth-order valence-electron chi connectivity index (χ4n) is 1.97. The number of carbonyl (C=O) groups excluding carboxylic acids is 1. The van der Waals surface area contributed by atoms with Crippen LogP contribution in [0, 0.1) is 0 Å². The number of pyridine rings is 1. The summed E-state index contributed by atoms with van der Waals surface area (Å²) in [6.07, 6.45) is 7.59. The number of ketones is 1. The third-order valence-corrected chi connectivity index (χ3v) is 2.97. The Morgan fingerprint density at radius 2 is 2.22 bits per heavy atom. The molecule has 0 unspecified atom stereocenters. The van der Waals surface area contributed by atoms with Crippen LogP contribution < -0.4 is 0 Å². The van der Waals surface area contributed by atoms with Crippen LogP contribution in [0.3, 0.4) is 0 Å². The number of H-pyrrole nitrogens is 1. The molecule has 3 heterocycles. The van der Waals surface area contributed by atoms with Crippen LogP contribution in [0.15, 0.2) is 36.9 Å². The number of hydrogen-bond donors (Lipinski definition) is 1. The third kappa shape index (κ3) is 1.60. The largest absolute Gasteiger partial charge is 0.294 e. The van der Waals surface area contributed by atoms with Crippen LogP contribution in [-0.4, -0.2) is 25.6 Å². The number of fused-ring (bicyclic) bond motifs is 1. The van der Waals surface area contributed by atoms with Crippen molar-refractivity contribution in [2.24, 2.45) is 0 Å². The highest BCUT2D eigenvalue weighted by Crippen LogP contribution is 2.20. The molecule has 0 amide bonds. The maximum Gasteiger partial charge on any atom is 0.166 e. The van der Waals surface area contributed by atoms with Crippen LogP contribution in [0.25, 0.3) is 16.6 Å². The summed E-state index contributed by atoms with van der Waals surface area (Å²) in [5.74, 6) is 0.112. The van der Waals surface area contributed by atoms with Crippen molar-refractivity contribution in [1.82, 2.24) is 19.8 Å². The number of rotatable bonds is 3. The summed E-state index contributed by atoms with van der Waals surface area (Å²) >= 11 is 0. The molecule has 0 aliphatic heterocycles. The summed E-state index contributed by atoms with van der Waals surface area (Å²) in [5.41, 5.74) is 3.52. The zero-order valence-corrected chi connectivity index (χ0v) is 9.92. The smallest absolute Gasteiger partial charge is 0.166 e. The number of Topliss-reactive ketones (excluding diaryl/α,β-unsaturated/α-hetero) is 1. The fraction of sp³-hybridized carbons (Fsp3) is 0.154. The second kappa shape index (κ2) is 4.10. The molecule has 90 valence electrons. The molecule has 0 spiro atoms. The van der Waals surface area contributed by atoms with Crippen molar-refractivity contribution in [3.63, 3.8) is 0 Å². The van der Waals surface area contributed by atoms with E-state index in [1.54, 1.807) is 16.9 Å². The van der Waals surface area contributed by atoms with Gasteiger partial charge in [0.25, 0.3) is 0 Å². The van der Waals surface area contributed by atoms with Crippen molar-refractivity contribution in [3.05, 3.63) is 42.5 Å². The van der Waals surface area contributed by atoms with Gasteiger partial charge in [-0.1, -0.05) is 13.0 Å². The van der Waals surface area contributed by atoms with Gasteiger partial charge in [0.2, 0.25) is 0 Å². The molecule has 0 aromatic carbocycles. The van der Waals surface area contributed by atoms with E-state index in [4.69, 9.17) is 0 Å². The number of nitrogens with zero attached hydrogens (tertiary/aromatic N) is 3. The molecule has 0 atom stereocenters.